The van der Waals surface area contributed by atoms with Crippen LogP contribution in [0.25, 0.3) is 0 Å². The fraction of sp³-hybridized carbons (Fsp3) is 0.250. The second-order valence-electron chi connectivity index (χ2n) is 2.51. The van der Waals surface area contributed by atoms with Crippen LogP contribution in [0.2, 0.25) is 10.0 Å². The zero-order valence-corrected chi connectivity index (χ0v) is 7.94. The van der Waals surface area contributed by atoms with E-state index in [1.807, 2.05) is 0 Å². The molecule has 4 N–H and O–H groups in total. The van der Waals surface area contributed by atoms with Gasteiger partial charge in [-0.15, -0.1) is 0 Å². The van der Waals surface area contributed by atoms with Gasteiger partial charge >= 0.3 is 0 Å². The van der Waals surface area contributed by atoms with Crippen molar-refractivity contribution in [2.45, 2.75) is 6.04 Å². The highest BCUT2D eigenvalue weighted by molar-refractivity contribution is 6.35. The van der Waals surface area contributed by atoms with Gasteiger partial charge in [0.25, 0.3) is 0 Å². The van der Waals surface area contributed by atoms with E-state index in [0.717, 1.165) is 5.56 Å². The highest BCUT2D eigenvalue weighted by Gasteiger charge is 2.07. The lowest BCUT2D eigenvalue weighted by Gasteiger charge is -2.10. The van der Waals surface area contributed by atoms with Crippen molar-refractivity contribution >= 4 is 23.2 Å². The predicted octanol–water partition coefficient (Wildman–Crippen LogP) is 1.95. The fourth-order valence-electron chi connectivity index (χ4n) is 0.929. The lowest BCUT2D eigenvalue weighted by Crippen LogP contribution is -2.20. The molecular formula is C8H10Cl2N2. The van der Waals surface area contributed by atoms with Crippen LogP contribution in [-0.2, 0) is 0 Å². The van der Waals surface area contributed by atoms with Gasteiger partial charge < -0.3 is 11.5 Å². The smallest absolute Gasteiger partial charge is 0.0469 e. The van der Waals surface area contributed by atoms with Crippen molar-refractivity contribution in [3.63, 3.8) is 0 Å². The molecule has 0 unspecified atom stereocenters. The Labute approximate surface area is 81.4 Å². The third kappa shape index (κ3) is 2.11. The van der Waals surface area contributed by atoms with E-state index in [0.29, 0.717) is 16.6 Å². The first kappa shape index (κ1) is 9.81. The van der Waals surface area contributed by atoms with E-state index in [-0.39, 0.29) is 6.04 Å². The first-order chi connectivity index (χ1) is 5.65. The summed E-state index contributed by atoms with van der Waals surface area (Å²) >= 11 is 11.6. The quantitative estimate of drug-likeness (QED) is 0.775. The van der Waals surface area contributed by atoms with E-state index in [1.54, 1.807) is 18.2 Å². The Bertz CT molecular complexity index is 276. The number of halogens is 2. The van der Waals surface area contributed by atoms with Crippen LogP contribution in [0.4, 0.5) is 0 Å². The highest BCUT2D eigenvalue weighted by Crippen LogP contribution is 2.24. The minimum atomic E-state index is -0.213. The molecule has 1 atom stereocenters. The molecule has 12 heavy (non-hydrogen) atoms. The van der Waals surface area contributed by atoms with Crippen LogP contribution in [0.5, 0.6) is 0 Å². The third-order valence-corrected chi connectivity index (χ3v) is 2.18. The van der Waals surface area contributed by atoms with Crippen molar-refractivity contribution in [2.75, 3.05) is 6.54 Å². The zero-order valence-electron chi connectivity index (χ0n) is 6.43. The minimum Gasteiger partial charge on any atom is -0.329 e. The van der Waals surface area contributed by atoms with E-state index >= 15 is 0 Å². The number of benzene rings is 1. The van der Waals surface area contributed by atoms with Crippen molar-refractivity contribution < 1.29 is 0 Å². The van der Waals surface area contributed by atoms with Gasteiger partial charge in [-0.05, 0) is 17.7 Å². The first-order valence-corrected chi connectivity index (χ1v) is 4.31. The van der Waals surface area contributed by atoms with Crippen LogP contribution in [0.1, 0.15) is 11.6 Å². The monoisotopic (exact) mass is 204 g/mol. The molecule has 1 aromatic rings. The summed E-state index contributed by atoms with van der Waals surface area (Å²) in [5.74, 6) is 0. The molecule has 0 amide bonds. The summed E-state index contributed by atoms with van der Waals surface area (Å²) in [5, 5.41) is 1.17. The Balaban J connectivity index is 3.01. The third-order valence-electron chi connectivity index (χ3n) is 1.62. The van der Waals surface area contributed by atoms with Crippen LogP contribution >= 0.6 is 23.2 Å². The standard InChI is InChI=1S/C8H10Cl2N2/c9-5-1-2-6(7(10)3-5)8(12)4-11/h1-3,8H,4,11-12H2/t8-/m0/s1. The van der Waals surface area contributed by atoms with Gasteiger partial charge in [0, 0.05) is 22.6 Å². The molecule has 66 valence electrons. The summed E-state index contributed by atoms with van der Waals surface area (Å²) in [7, 11) is 0. The van der Waals surface area contributed by atoms with E-state index in [9.17, 15) is 0 Å². The Morgan fingerprint density at radius 2 is 2.00 bits per heavy atom. The molecule has 0 spiro atoms. The van der Waals surface area contributed by atoms with Crippen LogP contribution < -0.4 is 11.5 Å². The van der Waals surface area contributed by atoms with Crippen molar-refractivity contribution in [1.82, 2.24) is 0 Å². The molecule has 0 aliphatic rings. The van der Waals surface area contributed by atoms with Gasteiger partial charge in [-0.1, -0.05) is 29.3 Å². The SMILES string of the molecule is NC[C@H](N)c1ccc(Cl)cc1Cl. The summed E-state index contributed by atoms with van der Waals surface area (Å²) in [6.07, 6.45) is 0. The lowest BCUT2D eigenvalue weighted by molar-refractivity contribution is 0.737. The molecule has 0 aromatic heterocycles. The Morgan fingerprint density at radius 1 is 1.33 bits per heavy atom. The van der Waals surface area contributed by atoms with Crippen LogP contribution in [0.15, 0.2) is 18.2 Å². The molecule has 2 nitrogen and oxygen atoms in total. The summed E-state index contributed by atoms with van der Waals surface area (Å²) in [6, 6.07) is 4.99. The Morgan fingerprint density at radius 3 is 2.50 bits per heavy atom. The first-order valence-electron chi connectivity index (χ1n) is 3.55. The topological polar surface area (TPSA) is 52.0 Å². The average Bonchev–Trinajstić information content (AvgIpc) is 2.03. The fourth-order valence-corrected chi connectivity index (χ4v) is 1.48. The molecule has 0 saturated carbocycles. The van der Waals surface area contributed by atoms with Crippen molar-refractivity contribution in [3.8, 4) is 0 Å². The normalized spacial score (nSPS) is 13.0. The molecular weight excluding hydrogens is 195 g/mol. The largest absolute Gasteiger partial charge is 0.329 e. The van der Waals surface area contributed by atoms with Gasteiger partial charge in [-0.2, -0.15) is 0 Å². The highest BCUT2D eigenvalue weighted by atomic mass is 35.5. The molecule has 0 saturated heterocycles. The van der Waals surface area contributed by atoms with E-state index < -0.39 is 0 Å². The van der Waals surface area contributed by atoms with Crippen molar-refractivity contribution in [3.05, 3.63) is 33.8 Å². The van der Waals surface area contributed by atoms with Crippen molar-refractivity contribution in [1.29, 1.82) is 0 Å². The molecule has 0 bridgehead atoms. The average molecular weight is 205 g/mol. The number of nitrogens with two attached hydrogens (primary N) is 2. The lowest BCUT2D eigenvalue weighted by atomic mass is 10.1. The van der Waals surface area contributed by atoms with Crippen molar-refractivity contribution in [2.24, 2.45) is 11.5 Å². The Hall–Kier alpha value is -0.280. The molecule has 0 aliphatic heterocycles. The van der Waals surface area contributed by atoms with Gasteiger partial charge in [0.1, 0.15) is 0 Å². The number of hydrogen-bond acceptors (Lipinski definition) is 2. The van der Waals surface area contributed by atoms with Crippen LogP contribution in [0.3, 0.4) is 0 Å². The van der Waals surface area contributed by atoms with Gasteiger partial charge in [0.05, 0.1) is 0 Å². The maximum absolute atomic E-state index is 5.88. The molecule has 4 heteroatoms. The molecule has 0 heterocycles. The van der Waals surface area contributed by atoms with Gasteiger partial charge in [-0.25, -0.2) is 0 Å². The van der Waals surface area contributed by atoms with Gasteiger partial charge in [-0.3, -0.25) is 0 Å². The van der Waals surface area contributed by atoms with E-state index in [1.165, 1.54) is 0 Å². The van der Waals surface area contributed by atoms with Crippen LogP contribution in [-0.4, -0.2) is 6.54 Å². The maximum atomic E-state index is 5.88. The second-order valence-corrected chi connectivity index (χ2v) is 3.35. The predicted molar refractivity (Wildman–Crippen MR) is 52.4 cm³/mol. The molecule has 0 aliphatic carbocycles. The number of rotatable bonds is 2. The minimum absolute atomic E-state index is 0.213. The van der Waals surface area contributed by atoms with Crippen LogP contribution in [0, 0.1) is 0 Å². The summed E-state index contributed by atoms with van der Waals surface area (Å²) in [4.78, 5) is 0. The molecule has 0 fully saturated rings. The summed E-state index contributed by atoms with van der Waals surface area (Å²) in [5.41, 5.74) is 11.9. The molecule has 1 rings (SSSR count). The van der Waals surface area contributed by atoms with Gasteiger partial charge in [0.2, 0.25) is 0 Å². The molecule has 1 aromatic carbocycles. The van der Waals surface area contributed by atoms with Gasteiger partial charge in [0.15, 0.2) is 0 Å². The summed E-state index contributed by atoms with van der Waals surface area (Å²) < 4.78 is 0. The Kier molecular flexibility index (Phi) is 3.35. The van der Waals surface area contributed by atoms with E-state index in [2.05, 4.69) is 0 Å². The number of hydrogen-bond donors (Lipinski definition) is 2. The molecule has 0 radical (unpaired) electrons. The maximum Gasteiger partial charge on any atom is 0.0469 e. The van der Waals surface area contributed by atoms with E-state index in [4.69, 9.17) is 34.7 Å². The summed E-state index contributed by atoms with van der Waals surface area (Å²) in [6.45, 7) is 0.376. The zero-order chi connectivity index (χ0) is 9.14. The second kappa shape index (κ2) is 4.10.